The molecule has 4 rings (SSSR count). The van der Waals surface area contributed by atoms with Crippen LogP contribution in [0.5, 0.6) is 5.75 Å². The van der Waals surface area contributed by atoms with Crippen molar-refractivity contribution in [1.82, 2.24) is 0 Å². The zero-order chi connectivity index (χ0) is 24.1. The van der Waals surface area contributed by atoms with E-state index in [1.54, 1.807) is 48.5 Å². The summed E-state index contributed by atoms with van der Waals surface area (Å²) in [6.07, 6.45) is 1.42. The summed E-state index contributed by atoms with van der Waals surface area (Å²) in [4.78, 5) is 25.2. The van der Waals surface area contributed by atoms with Crippen molar-refractivity contribution in [3.8, 4) is 11.8 Å². The highest BCUT2D eigenvalue weighted by Crippen LogP contribution is 2.26. The third-order valence-corrected chi connectivity index (χ3v) is 5.52. The normalized spacial score (nSPS) is 11.0. The standard InChI is InChI=1S/C27H16Cl2N2O3/c28-20-10-13-24(29)25(15-20)31-26(32)19(16-30)14-17-8-11-21(12-9-17)34-27(33)23-7-3-5-18-4-1-2-6-22(18)23/h1-15H,(H,31,32)/b19-14+. The van der Waals surface area contributed by atoms with Crippen LogP contribution in [-0.2, 0) is 4.79 Å². The fraction of sp³-hybridized carbons (Fsp3) is 0. The molecule has 1 amide bonds. The van der Waals surface area contributed by atoms with Crippen molar-refractivity contribution in [3.63, 3.8) is 0 Å². The van der Waals surface area contributed by atoms with Gasteiger partial charge in [0.15, 0.2) is 0 Å². The Morgan fingerprint density at radius 2 is 1.65 bits per heavy atom. The predicted molar refractivity (Wildman–Crippen MR) is 134 cm³/mol. The van der Waals surface area contributed by atoms with Gasteiger partial charge in [0, 0.05) is 5.02 Å². The summed E-state index contributed by atoms with van der Waals surface area (Å²) >= 11 is 12.0. The molecule has 34 heavy (non-hydrogen) atoms. The van der Waals surface area contributed by atoms with Crippen LogP contribution in [0.15, 0.2) is 90.5 Å². The molecule has 0 radical (unpaired) electrons. The molecule has 0 aliphatic heterocycles. The molecule has 0 unspecified atom stereocenters. The van der Waals surface area contributed by atoms with Crippen LogP contribution in [0.1, 0.15) is 15.9 Å². The number of carbonyl (C=O) groups excluding carboxylic acids is 2. The summed E-state index contributed by atoms with van der Waals surface area (Å²) < 4.78 is 5.51. The molecule has 7 heteroatoms. The minimum Gasteiger partial charge on any atom is -0.423 e. The second kappa shape index (κ2) is 10.2. The maximum Gasteiger partial charge on any atom is 0.344 e. The maximum absolute atomic E-state index is 12.7. The van der Waals surface area contributed by atoms with Crippen LogP contribution in [0.3, 0.4) is 0 Å². The lowest BCUT2D eigenvalue weighted by Crippen LogP contribution is -2.13. The fourth-order valence-electron chi connectivity index (χ4n) is 3.30. The number of hydrogen-bond donors (Lipinski definition) is 1. The van der Waals surface area contributed by atoms with Crippen LogP contribution in [-0.4, -0.2) is 11.9 Å². The number of nitrogens with zero attached hydrogens (tertiary/aromatic N) is 1. The molecular formula is C27H16Cl2N2O3. The van der Waals surface area contributed by atoms with E-state index in [0.717, 1.165) is 10.8 Å². The monoisotopic (exact) mass is 486 g/mol. The van der Waals surface area contributed by atoms with Crippen LogP contribution in [0.25, 0.3) is 16.8 Å². The number of ether oxygens (including phenoxy) is 1. The first-order valence-electron chi connectivity index (χ1n) is 10.1. The first-order valence-corrected chi connectivity index (χ1v) is 10.9. The van der Waals surface area contributed by atoms with Crippen molar-refractivity contribution >= 4 is 57.6 Å². The predicted octanol–water partition coefficient (Wildman–Crippen LogP) is 6.91. The van der Waals surface area contributed by atoms with E-state index in [1.807, 2.05) is 36.4 Å². The molecule has 0 saturated heterocycles. The Hall–Kier alpha value is -4.11. The Bertz CT molecular complexity index is 1470. The van der Waals surface area contributed by atoms with Gasteiger partial charge in [-0.25, -0.2) is 4.79 Å². The van der Waals surface area contributed by atoms with Gasteiger partial charge in [-0.2, -0.15) is 5.26 Å². The van der Waals surface area contributed by atoms with Crippen LogP contribution in [0.2, 0.25) is 10.0 Å². The molecule has 0 heterocycles. The van der Waals surface area contributed by atoms with Gasteiger partial charge in [0.25, 0.3) is 5.91 Å². The molecule has 0 aliphatic rings. The summed E-state index contributed by atoms with van der Waals surface area (Å²) in [6, 6.07) is 26.0. The zero-order valence-corrected chi connectivity index (χ0v) is 19.1. The van der Waals surface area contributed by atoms with Gasteiger partial charge in [-0.05, 0) is 58.8 Å². The fourth-order valence-corrected chi connectivity index (χ4v) is 3.63. The molecule has 166 valence electrons. The van der Waals surface area contributed by atoms with E-state index >= 15 is 0 Å². The molecular weight excluding hydrogens is 471 g/mol. The van der Waals surface area contributed by atoms with Gasteiger partial charge in [0.2, 0.25) is 0 Å². The van der Waals surface area contributed by atoms with Crippen molar-refractivity contribution in [2.45, 2.75) is 0 Å². The summed E-state index contributed by atoms with van der Waals surface area (Å²) in [5.41, 5.74) is 1.21. The number of halogens is 2. The van der Waals surface area contributed by atoms with E-state index in [-0.39, 0.29) is 5.57 Å². The highest BCUT2D eigenvalue weighted by Gasteiger charge is 2.14. The van der Waals surface area contributed by atoms with Crippen molar-refractivity contribution in [2.24, 2.45) is 0 Å². The van der Waals surface area contributed by atoms with Crippen LogP contribution in [0.4, 0.5) is 5.69 Å². The molecule has 0 aromatic heterocycles. The smallest absolute Gasteiger partial charge is 0.344 e. The Morgan fingerprint density at radius 3 is 2.41 bits per heavy atom. The first kappa shape index (κ1) is 23.1. The number of nitriles is 1. The lowest BCUT2D eigenvalue weighted by Gasteiger charge is -2.08. The number of anilines is 1. The van der Waals surface area contributed by atoms with E-state index in [9.17, 15) is 14.9 Å². The molecule has 0 spiro atoms. The van der Waals surface area contributed by atoms with E-state index in [4.69, 9.17) is 27.9 Å². The van der Waals surface area contributed by atoms with E-state index in [2.05, 4.69) is 5.32 Å². The number of rotatable bonds is 5. The molecule has 0 bridgehead atoms. The molecule has 0 fully saturated rings. The number of amides is 1. The van der Waals surface area contributed by atoms with Gasteiger partial charge in [0.1, 0.15) is 17.4 Å². The van der Waals surface area contributed by atoms with Crippen molar-refractivity contribution in [1.29, 1.82) is 5.26 Å². The number of hydrogen-bond acceptors (Lipinski definition) is 4. The maximum atomic E-state index is 12.7. The van der Waals surface area contributed by atoms with E-state index in [1.165, 1.54) is 12.1 Å². The Morgan fingerprint density at radius 1 is 0.912 bits per heavy atom. The van der Waals surface area contributed by atoms with Gasteiger partial charge < -0.3 is 10.1 Å². The number of benzene rings is 4. The SMILES string of the molecule is N#C/C(=C\c1ccc(OC(=O)c2cccc3ccccc23)cc1)C(=O)Nc1cc(Cl)ccc1Cl. The molecule has 0 saturated carbocycles. The highest BCUT2D eigenvalue weighted by molar-refractivity contribution is 6.36. The van der Waals surface area contributed by atoms with Crippen LogP contribution in [0, 0.1) is 11.3 Å². The molecule has 0 atom stereocenters. The van der Waals surface area contributed by atoms with Gasteiger partial charge in [-0.15, -0.1) is 0 Å². The van der Waals surface area contributed by atoms with E-state index < -0.39 is 11.9 Å². The average Bonchev–Trinajstić information content (AvgIpc) is 2.85. The summed E-state index contributed by atoms with van der Waals surface area (Å²) in [7, 11) is 0. The van der Waals surface area contributed by atoms with Gasteiger partial charge in [0.05, 0.1) is 16.3 Å². The topological polar surface area (TPSA) is 79.2 Å². The average molecular weight is 487 g/mol. The van der Waals surface area contributed by atoms with Crippen LogP contribution < -0.4 is 10.1 Å². The zero-order valence-electron chi connectivity index (χ0n) is 17.6. The van der Waals surface area contributed by atoms with Crippen molar-refractivity contribution in [2.75, 3.05) is 5.32 Å². The van der Waals surface area contributed by atoms with E-state index in [0.29, 0.717) is 32.6 Å². The van der Waals surface area contributed by atoms with Crippen LogP contribution >= 0.6 is 23.2 Å². The molecule has 4 aromatic carbocycles. The largest absolute Gasteiger partial charge is 0.423 e. The summed E-state index contributed by atoms with van der Waals surface area (Å²) in [6.45, 7) is 0. The third kappa shape index (κ3) is 5.26. The quantitative estimate of drug-likeness (QED) is 0.144. The van der Waals surface area contributed by atoms with Gasteiger partial charge >= 0.3 is 5.97 Å². The minimum atomic E-state index is -0.627. The Kier molecular flexibility index (Phi) is 6.93. The summed E-state index contributed by atoms with van der Waals surface area (Å²) in [5.74, 6) is -0.766. The number of esters is 1. The summed E-state index contributed by atoms with van der Waals surface area (Å²) in [5, 5.41) is 14.5. The van der Waals surface area contributed by atoms with Crippen molar-refractivity contribution in [3.05, 3.63) is 112 Å². The first-order chi connectivity index (χ1) is 16.4. The number of nitrogens with one attached hydrogen (secondary N) is 1. The molecule has 5 nitrogen and oxygen atoms in total. The Labute approximate surface area is 205 Å². The second-order valence-electron chi connectivity index (χ2n) is 7.23. The van der Waals surface area contributed by atoms with Crippen molar-refractivity contribution < 1.29 is 14.3 Å². The molecule has 0 aliphatic carbocycles. The lowest BCUT2D eigenvalue weighted by molar-refractivity contribution is -0.112. The highest BCUT2D eigenvalue weighted by atomic mass is 35.5. The second-order valence-corrected chi connectivity index (χ2v) is 8.08. The minimum absolute atomic E-state index is 0.128. The molecule has 4 aromatic rings. The van der Waals surface area contributed by atoms with Gasteiger partial charge in [-0.3, -0.25) is 4.79 Å². The molecule has 1 N–H and O–H groups in total. The third-order valence-electron chi connectivity index (χ3n) is 4.95. The number of fused-ring (bicyclic) bond motifs is 1. The Balaban J connectivity index is 1.49. The van der Waals surface area contributed by atoms with Gasteiger partial charge in [-0.1, -0.05) is 71.7 Å². The lowest BCUT2D eigenvalue weighted by atomic mass is 10.0. The number of carbonyl (C=O) groups is 2.